The molecule has 0 radical (unpaired) electrons. The van der Waals surface area contributed by atoms with Crippen LogP contribution in [0.4, 0.5) is 9.93 Å². The summed E-state index contributed by atoms with van der Waals surface area (Å²) in [5.41, 5.74) is -2.05. The van der Waals surface area contributed by atoms with E-state index in [-0.39, 0.29) is 21.7 Å². The molecular weight excluding hydrogens is 706 g/mol. The molecule has 1 aliphatic heterocycles. The zero-order chi connectivity index (χ0) is 37.5. The standard InChI is InChI=1S/C33H36ClN7O9S/c1-32(2,3)49-31(47)41(35)28(45)24-23(27(44)39-24)38-26(43)22(20-17-51-30(36-20)37-21(42)16-34)40-50-33(4,5)29(46)48-25(18-12-8-6-9-13-18)19-14-10-7-11-15-19/h6-15,17,23-25H,16,35H2,1-5H3,(H,38,43)(H,39,44)(H,36,37,42)/b40-22-/t23-,24-/m1/s1. The molecule has 2 aromatic carbocycles. The van der Waals surface area contributed by atoms with E-state index in [1.165, 1.54) is 19.2 Å². The Kier molecular flexibility index (Phi) is 12.1. The second-order valence-electron chi connectivity index (χ2n) is 12.5. The number of alkyl halides is 1. The van der Waals surface area contributed by atoms with Crippen molar-refractivity contribution in [2.45, 2.75) is 64.0 Å². The number of carbonyl (C=O) groups is 6. The number of hydrogen-bond donors (Lipinski definition) is 4. The fourth-order valence-corrected chi connectivity index (χ4v) is 5.10. The number of halogens is 1. The molecule has 0 unspecified atom stereocenters. The van der Waals surface area contributed by atoms with Crippen molar-refractivity contribution in [1.82, 2.24) is 20.6 Å². The number of benzene rings is 2. The average Bonchev–Trinajstić information content (AvgIpc) is 3.55. The third-order valence-electron chi connectivity index (χ3n) is 6.91. The van der Waals surface area contributed by atoms with Crippen molar-refractivity contribution in [2.24, 2.45) is 11.0 Å². The van der Waals surface area contributed by atoms with Crippen LogP contribution in [0.1, 0.15) is 57.5 Å². The molecule has 0 spiro atoms. The van der Waals surface area contributed by atoms with Crippen molar-refractivity contribution in [3.63, 3.8) is 0 Å². The Labute approximate surface area is 301 Å². The first kappa shape index (κ1) is 38.4. The van der Waals surface area contributed by atoms with Gasteiger partial charge in [-0.25, -0.2) is 20.4 Å². The smallest absolute Gasteiger partial charge is 0.431 e. The van der Waals surface area contributed by atoms with Gasteiger partial charge in [-0.15, -0.1) is 22.9 Å². The van der Waals surface area contributed by atoms with Gasteiger partial charge in [0.2, 0.25) is 17.4 Å². The summed E-state index contributed by atoms with van der Waals surface area (Å²) < 4.78 is 11.0. The van der Waals surface area contributed by atoms with Crippen LogP contribution >= 0.6 is 22.9 Å². The first-order chi connectivity index (χ1) is 24.0. The number of hydrogen-bond acceptors (Lipinski definition) is 13. The van der Waals surface area contributed by atoms with Gasteiger partial charge >= 0.3 is 12.1 Å². The number of carbonyl (C=O) groups excluding carboxylic acids is 6. The summed E-state index contributed by atoms with van der Waals surface area (Å²) in [4.78, 5) is 86.7. The lowest BCUT2D eigenvalue weighted by molar-refractivity contribution is -0.172. The van der Waals surface area contributed by atoms with Crippen molar-refractivity contribution in [1.29, 1.82) is 0 Å². The zero-order valence-corrected chi connectivity index (χ0v) is 29.7. The normalized spacial score (nSPS) is 15.9. The molecule has 4 rings (SSSR count). The van der Waals surface area contributed by atoms with E-state index >= 15 is 0 Å². The Bertz CT molecular complexity index is 1770. The Balaban J connectivity index is 1.58. The molecule has 2 heterocycles. The molecule has 16 nitrogen and oxygen atoms in total. The fourth-order valence-electron chi connectivity index (χ4n) is 4.32. The van der Waals surface area contributed by atoms with E-state index in [0.29, 0.717) is 11.1 Å². The van der Waals surface area contributed by atoms with Crippen LogP contribution in [0.3, 0.4) is 0 Å². The van der Waals surface area contributed by atoms with E-state index in [4.69, 9.17) is 31.8 Å². The molecule has 0 saturated carbocycles. The predicted molar refractivity (Wildman–Crippen MR) is 185 cm³/mol. The number of nitrogens with zero attached hydrogens (tertiary/aromatic N) is 3. The summed E-state index contributed by atoms with van der Waals surface area (Å²) >= 11 is 6.50. The number of imide groups is 1. The van der Waals surface area contributed by atoms with Gasteiger partial charge < -0.3 is 30.3 Å². The van der Waals surface area contributed by atoms with Crippen LogP contribution in [0.25, 0.3) is 0 Å². The summed E-state index contributed by atoms with van der Waals surface area (Å²) in [6.45, 7) is 7.44. The molecule has 2 atom stereocenters. The lowest BCUT2D eigenvalue weighted by atomic mass is 9.97. The van der Waals surface area contributed by atoms with Crippen LogP contribution in [0.15, 0.2) is 71.2 Å². The quantitative estimate of drug-likeness (QED) is 0.0402. The molecule has 3 aromatic rings. The number of oxime groups is 1. The summed E-state index contributed by atoms with van der Waals surface area (Å²) in [7, 11) is 0. The van der Waals surface area contributed by atoms with E-state index in [9.17, 15) is 28.8 Å². The summed E-state index contributed by atoms with van der Waals surface area (Å²) in [5, 5.41) is 12.6. The van der Waals surface area contributed by atoms with Crippen molar-refractivity contribution < 1.29 is 43.1 Å². The first-order valence-electron chi connectivity index (χ1n) is 15.3. The average molecular weight is 742 g/mol. The summed E-state index contributed by atoms with van der Waals surface area (Å²) in [6, 6.07) is 15.1. The van der Waals surface area contributed by atoms with Gasteiger partial charge in [0.15, 0.2) is 16.9 Å². The van der Waals surface area contributed by atoms with Crippen LogP contribution in [0.2, 0.25) is 0 Å². The number of hydrazine groups is 1. The molecule has 0 aliphatic carbocycles. The minimum absolute atomic E-state index is 0.0500. The first-order valence-corrected chi connectivity index (χ1v) is 16.7. The van der Waals surface area contributed by atoms with Gasteiger partial charge in [-0.3, -0.25) is 19.2 Å². The highest BCUT2D eigenvalue weighted by molar-refractivity contribution is 7.14. The van der Waals surface area contributed by atoms with Crippen LogP contribution in [0, 0.1) is 0 Å². The Hall–Kier alpha value is -5.39. The molecule has 1 fully saturated rings. The number of β-lactam (4-membered cyclic amide) rings is 1. The van der Waals surface area contributed by atoms with E-state index in [2.05, 4.69) is 26.1 Å². The van der Waals surface area contributed by atoms with Gasteiger partial charge in [0.25, 0.3) is 11.8 Å². The van der Waals surface area contributed by atoms with Gasteiger partial charge in [0.05, 0.1) is 0 Å². The summed E-state index contributed by atoms with van der Waals surface area (Å²) in [6.07, 6.45) is -1.99. The van der Waals surface area contributed by atoms with Gasteiger partial charge in [0, 0.05) is 5.38 Å². The number of rotatable bonds is 12. The lowest BCUT2D eigenvalue weighted by Gasteiger charge is -2.37. The van der Waals surface area contributed by atoms with Gasteiger partial charge in [0.1, 0.15) is 29.3 Å². The third-order valence-corrected chi connectivity index (χ3v) is 7.91. The lowest BCUT2D eigenvalue weighted by Crippen LogP contribution is -2.75. The Morgan fingerprint density at radius 2 is 1.61 bits per heavy atom. The molecule has 1 aromatic heterocycles. The molecule has 18 heteroatoms. The third kappa shape index (κ3) is 9.87. The van der Waals surface area contributed by atoms with Crippen LogP contribution in [-0.4, -0.2) is 80.6 Å². The number of nitrogens with two attached hydrogens (primary N) is 1. The fraction of sp³-hybridized carbons (Fsp3) is 0.333. The monoisotopic (exact) mass is 741 g/mol. The molecule has 5 N–H and O–H groups in total. The second kappa shape index (κ2) is 16.1. The van der Waals surface area contributed by atoms with E-state index < -0.39 is 70.8 Å². The number of aromatic nitrogens is 1. The molecule has 1 saturated heterocycles. The van der Waals surface area contributed by atoms with Crippen molar-refractivity contribution in [2.75, 3.05) is 11.2 Å². The molecule has 5 amide bonds. The number of amides is 5. The maximum Gasteiger partial charge on any atom is 0.431 e. The molecule has 1 aliphatic rings. The number of anilines is 1. The van der Waals surface area contributed by atoms with Gasteiger partial charge in [-0.05, 0) is 45.7 Å². The topological polar surface area (TPSA) is 221 Å². The van der Waals surface area contributed by atoms with Crippen molar-refractivity contribution in [3.8, 4) is 0 Å². The van der Waals surface area contributed by atoms with Gasteiger partial charge in [-0.1, -0.05) is 65.8 Å². The van der Waals surface area contributed by atoms with Crippen molar-refractivity contribution in [3.05, 3.63) is 82.9 Å². The number of thiazole rings is 1. The molecular formula is C33H36ClN7O9S. The maximum atomic E-state index is 13.7. The highest BCUT2D eigenvalue weighted by Gasteiger charge is 2.48. The van der Waals surface area contributed by atoms with Crippen LogP contribution in [-0.2, 0) is 38.3 Å². The van der Waals surface area contributed by atoms with Crippen LogP contribution in [0.5, 0.6) is 0 Å². The highest BCUT2D eigenvalue weighted by atomic mass is 35.5. The number of nitrogens with one attached hydrogen (secondary N) is 3. The summed E-state index contributed by atoms with van der Waals surface area (Å²) in [5.74, 6) is 0.971. The SMILES string of the molecule is CC(C)(C)OC(=O)N(N)C(=O)[C@@H]1NC(=O)[C@@H]1NC(=O)/C(=N\OC(C)(C)C(=O)OC(c1ccccc1)c1ccccc1)c1csc(NC(=O)CCl)n1. The number of esters is 1. The number of ether oxygens (including phenoxy) is 2. The minimum Gasteiger partial charge on any atom is -0.450 e. The predicted octanol–water partition coefficient (Wildman–Crippen LogP) is 2.77. The Morgan fingerprint density at radius 3 is 2.14 bits per heavy atom. The highest BCUT2D eigenvalue weighted by Crippen LogP contribution is 2.29. The largest absolute Gasteiger partial charge is 0.450 e. The molecule has 270 valence electrons. The van der Waals surface area contributed by atoms with Gasteiger partial charge in [-0.2, -0.15) is 5.01 Å². The maximum absolute atomic E-state index is 13.7. The van der Waals surface area contributed by atoms with E-state index in [1.807, 2.05) is 12.1 Å². The molecule has 0 bridgehead atoms. The van der Waals surface area contributed by atoms with Crippen molar-refractivity contribution >= 4 is 69.5 Å². The van der Waals surface area contributed by atoms with Crippen LogP contribution < -0.4 is 21.8 Å². The zero-order valence-electron chi connectivity index (χ0n) is 28.2. The Morgan fingerprint density at radius 1 is 1.02 bits per heavy atom. The minimum atomic E-state index is -1.79. The molecule has 51 heavy (non-hydrogen) atoms. The van der Waals surface area contributed by atoms with E-state index in [1.54, 1.807) is 69.3 Å². The van der Waals surface area contributed by atoms with E-state index in [0.717, 1.165) is 11.3 Å². The second-order valence-corrected chi connectivity index (χ2v) is 13.6.